The summed E-state index contributed by atoms with van der Waals surface area (Å²) in [7, 11) is 0. The number of hydrogen-bond donors (Lipinski definition) is 12. The zero-order valence-electron chi connectivity index (χ0n) is 53.5. The molecule has 0 saturated carbocycles. The maximum absolute atomic E-state index is 13.4. The number of amides is 1. The van der Waals surface area contributed by atoms with Crippen LogP contribution in [0.3, 0.4) is 0 Å². The number of unbranched alkanes of at least 4 members (excludes halogenated alkanes) is 30. The number of rotatable bonds is 52. The first-order chi connectivity index (χ1) is 42.3. The largest absolute Gasteiger partial charge is 0.394 e. The molecular formula is C68H123NO18. The molecule has 87 heavy (non-hydrogen) atoms. The fourth-order valence-electron chi connectivity index (χ4n) is 11.5. The average Bonchev–Trinajstić information content (AvgIpc) is 2.58. The highest BCUT2D eigenvalue weighted by Crippen LogP contribution is 2.33. The third kappa shape index (κ3) is 32.7. The van der Waals surface area contributed by atoms with Crippen molar-refractivity contribution >= 4 is 5.91 Å². The summed E-state index contributed by atoms with van der Waals surface area (Å²) >= 11 is 0. The van der Waals surface area contributed by atoms with Gasteiger partial charge in [-0.2, -0.15) is 0 Å². The van der Waals surface area contributed by atoms with Crippen LogP contribution in [0.25, 0.3) is 0 Å². The van der Waals surface area contributed by atoms with Gasteiger partial charge in [0.15, 0.2) is 18.9 Å². The number of ether oxygens (including phenoxy) is 6. The quantitative estimate of drug-likeness (QED) is 0.0200. The Hall–Kier alpha value is -2.25. The van der Waals surface area contributed by atoms with Gasteiger partial charge in [0.05, 0.1) is 38.6 Å². The fourth-order valence-corrected chi connectivity index (χ4v) is 11.5. The Morgan fingerprint density at radius 1 is 0.402 bits per heavy atom. The molecule has 0 bridgehead atoms. The Morgan fingerprint density at radius 2 is 0.736 bits per heavy atom. The van der Waals surface area contributed by atoms with Gasteiger partial charge in [-0.15, -0.1) is 0 Å². The maximum atomic E-state index is 13.4. The highest BCUT2D eigenvalue weighted by atomic mass is 16.8. The van der Waals surface area contributed by atoms with E-state index in [0.29, 0.717) is 12.8 Å². The molecule has 0 aromatic carbocycles. The molecular weight excluding hydrogens is 1120 g/mol. The zero-order chi connectivity index (χ0) is 63.3. The van der Waals surface area contributed by atoms with Crippen molar-refractivity contribution in [2.24, 2.45) is 0 Å². The molecule has 0 spiro atoms. The van der Waals surface area contributed by atoms with Crippen LogP contribution in [0.15, 0.2) is 48.6 Å². The molecule has 3 aliphatic rings. The molecule has 3 heterocycles. The molecule has 1 amide bonds. The van der Waals surface area contributed by atoms with E-state index in [9.17, 15) is 61.0 Å². The Kier molecular flexibility index (Phi) is 45.7. The lowest BCUT2D eigenvalue weighted by atomic mass is 9.96. The minimum atomic E-state index is -1.98. The van der Waals surface area contributed by atoms with E-state index in [1.165, 1.54) is 167 Å². The standard InChI is InChI=1S/C68H123NO18/c1-3-5-7-9-11-13-15-17-19-21-23-24-25-26-28-30-32-34-36-38-40-42-44-46-56(74)69-51(52(73)45-43-41-39-37-35-33-31-29-27-22-20-18-16-14-12-10-8-6-4-2)50-82-66-62(80)59(77)64(54(48-71)84-66)87-68-63(81)60(78)65(55(49-72)85-68)86-67-61(79)58(76)57(75)53(47-70)83-67/h21,23,27,29,35,37,43,45,51-55,57-68,70-73,75-81H,3-20,22,24-26,28,30-34,36,38-42,44,46-50H2,1-2H3,(H,69,74)/b23-21-,29-27+,37-35+,45-43+. The number of allylic oxidation sites excluding steroid dienone is 7. The maximum Gasteiger partial charge on any atom is 0.220 e. The van der Waals surface area contributed by atoms with Crippen molar-refractivity contribution in [3.05, 3.63) is 48.6 Å². The summed E-state index contributed by atoms with van der Waals surface area (Å²) in [6.07, 6.45) is 32.3. The fraction of sp³-hybridized carbons (Fsp3) is 0.868. The Labute approximate surface area is 523 Å². The molecule has 19 heteroatoms. The molecule has 19 nitrogen and oxygen atoms in total. The van der Waals surface area contributed by atoms with E-state index >= 15 is 0 Å². The molecule has 12 N–H and O–H groups in total. The summed E-state index contributed by atoms with van der Waals surface area (Å²) in [5, 5.41) is 120. The summed E-state index contributed by atoms with van der Waals surface area (Å²) in [5.41, 5.74) is 0. The molecule has 17 atom stereocenters. The molecule has 17 unspecified atom stereocenters. The van der Waals surface area contributed by atoms with Gasteiger partial charge in [0.25, 0.3) is 0 Å². The smallest absolute Gasteiger partial charge is 0.220 e. The van der Waals surface area contributed by atoms with E-state index in [1.807, 2.05) is 6.08 Å². The number of aliphatic hydroxyl groups is 11. The predicted molar refractivity (Wildman–Crippen MR) is 337 cm³/mol. The topological polar surface area (TPSA) is 307 Å². The van der Waals surface area contributed by atoms with Crippen LogP contribution in [0, 0.1) is 0 Å². The lowest BCUT2D eigenvalue weighted by molar-refractivity contribution is -0.379. The monoisotopic (exact) mass is 1240 g/mol. The van der Waals surface area contributed by atoms with Crippen LogP contribution in [0.1, 0.15) is 245 Å². The first kappa shape index (κ1) is 79.0. The van der Waals surface area contributed by atoms with Crippen molar-refractivity contribution in [1.82, 2.24) is 5.32 Å². The second-order valence-corrected chi connectivity index (χ2v) is 24.6. The van der Waals surface area contributed by atoms with Crippen LogP contribution in [-0.4, -0.2) is 193 Å². The molecule has 3 fully saturated rings. The summed E-state index contributed by atoms with van der Waals surface area (Å²) in [4.78, 5) is 13.4. The molecule has 0 aliphatic carbocycles. The van der Waals surface area contributed by atoms with Gasteiger partial charge >= 0.3 is 0 Å². The van der Waals surface area contributed by atoms with Gasteiger partial charge in [-0.1, -0.05) is 217 Å². The van der Waals surface area contributed by atoms with Crippen LogP contribution in [0.5, 0.6) is 0 Å². The average molecular weight is 1240 g/mol. The minimum absolute atomic E-state index is 0.231. The van der Waals surface area contributed by atoms with Gasteiger partial charge in [0, 0.05) is 6.42 Å². The highest BCUT2D eigenvalue weighted by Gasteiger charge is 2.53. The van der Waals surface area contributed by atoms with Crippen molar-refractivity contribution in [2.45, 2.75) is 349 Å². The summed E-state index contributed by atoms with van der Waals surface area (Å²) in [5.74, 6) is -0.290. The van der Waals surface area contributed by atoms with E-state index in [0.717, 1.165) is 44.9 Å². The van der Waals surface area contributed by atoms with Gasteiger partial charge in [-0.05, 0) is 70.6 Å². The lowest BCUT2D eigenvalue weighted by Gasteiger charge is -2.48. The first-order valence-electron chi connectivity index (χ1n) is 34.4. The van der Waals surface area contributed by atoms with Crippen LogP contribution < -0.4 is 5.32 Å². The SMILES string of the molecule is CCCCCCCCCC/C=C\CCCCCCCCCCCCCC(=O)NC(COC1OC(CO)C(OC2OC(CO)C(OC3OC(CO)C(O)C(O)C3O)C(O)C2O)C(O)C1O)C(O)/C=C/CC/C=C/CC/C=C/CCCCCCCCCCC. The van der Waals surface area contributed by atoms with Crippen LogP contribution in [-0.2, 0) is 33.2 Å². The lowest BCUT2D eigenvalue weighted by Crippen LogP contribution is -2.66. The Morgan fingerprint density at radius 3 is 1.15 bits per heavy atom. The number of carbonyl (C=O) groups is 1. The van der Waals surface area contributed by atoms with Gasteiger partial charge < -0.3 is 89.9 Å². The van der Waals surface area contributed by atoms with Crippen LogP contribution in [0.2, 0.25) is 0 Å². The predicted octanol–water partition coefficient (Wildman–Crippen LogP) is 8.61. The van der Waals surface area contributed by atoms with E-state index in [2.05, 4.69) is 55.6 Å². The normalized spacial score (nSPS) is 28.9. The van der Waals surface area contributed by atoms with Crippen molar-refractivity contribution in [3.63, 3.8) is 0 Å². The van der Waals surface area contributed by atoms with Gasteiger partial charge in [0.1, 0.15) is 73.2 Å². The zero-order valence-corrected chi connectivity index (χ0v) is 53.5. The molecule has 3 saturated heterocycles. The molecule has 508 valence electrons. The van der Waals surface area contributed by atoms with E-state index in [-0.39, 0.29) is 18.9 Å². The van der Waals surface area contributed by atoms with Crippen LogP contribution in [0.4, 0.5) is 0 Å². The summed E-state index contributed by atoms with van der Waals surface area (Å²) in [6, 6.07) is -0.997. The first-order valence-corrected chi connectivity index (χ1v) is 34.4. The number of nitrogens with one attached hydrogen (secondary N) is 1. The second-order valence-electron chi connectivity index (χ2n) is 24.6. The van der Waals surface area contributed by atoms with E-state index in [4.69, 9.17) is 28.4 Å². The second kappa shape index (κ2) is 50.3. The van der Waals surface area contributed by atoms with Gasteiger partial charge in [-0.3, -0.25) is 4.79 Å². The Balaban J connectivity index is 1.46. The molecule has 0 radical (unpaired) electrons. The van der Waals surface area contributed by atoms with Crippen molar-refractivity contribution in [1.29, 1.82) is 0 Å². The number of aliphatic hydroxyl groups excluding tert-OH is 11. The molecule has 0 aromatic rings. The van der Waals surface area contributed by atoms with Crippen molar-refractivity contribution in [3.8, 4) is 0 Å². The molecule has 3 rings (SSSR count). The van der Waals surface area contributed by atoms with E-state index in [1.54, 1.807) is 6.08 Å². The number of carbonyl (C=O) groups excluding carboxylic acids is 1. The van der Waals surface area contributed by atoms with Gasteiger partial charge in [-0.25, -0.2) is 0 Å². The molecule has 0 aromatic heterocycles. The summed E-state index contributed by atoms with van der Waals surface area (Å²) < 4.78 is 34.3. The third-order valence-corrected chi connectivity index (χ3v) is 17.1. The van der Waals surface area contributed by atoms with Gasteiger partial charge in [0.2, 0.25) is 5.91 Å². The molecule has 3 aliphatic heterocycles. The van der Waals surface area contributed by atoms with E-state index < -0.39 is 124 Å². The third-order valence-electron chi connectivity index (χ3n) is 17.1. The Bertz CT molecular complexity index is 1770. The summed E-state index contributed by atoms with van der Waals surface area (Å²) in [6.45, 7) is 1.71. The number of hydrogen-bond acceptors (Lipinski definition) is 18. The minimum Gasteiger partial charge on any atom is -0.394 e. The van der Waals surface area contributed by atoms with Crippen molar-refractivity contribution in [2.75, 3.05) is 26.4 Å². The van der Waals surface area contributed by atoms with Crippen LogP contribution >= 0.6 is 0 Å². The highest BCUT2D eigenvalue weighted by molar-refractivity contribution is 5.76. The van der Waals surface area contributed by atoms with Crippen molar-refractivity contribution < 1.29 is 89.4 Å².